The van der Waals surface area contributed by atoms with Crippen molar-refractivity contribution in [1.29, 1.82) is 0 Å². The summed E-state index contributed by atoms with van der Waals surface area (Å²) in [5.41, 5.74) is 1.29. The zero-order valence-electron chi connectivity index (χ0n) is 14.2. The van der Waals surface area contributed by atoms with Crippen molar-refractivity contribution in [3.63, 3.8) is 0 Å². The average molecular weight is 447 g/mol. The Labute approximate surface area is 167 Å². The lowest BCUT2D eigenvalue weighted by Gasteiger charge is -2.34. The Morgan fingerprint density at radius 1 is 1.00 bits per heavy atom. The van der Waals surface area contributed by atoms with Crippen LogP contribution in [0, 0.1) is 0 Å². The van der Waals surface area contributed by atoms with E-state index in [1.807, 2.05) is 12.1 Å². The van der Waals surface area contributed by atoms with Gasteiger partial charge in [-0.05, 0) is 51.7 Å². The number of nitrogens with zero attached hydrogens (tertiary/aromatic N) is 4. The minimum Gasteiger partial charge on any atom is -0.451 e. The summed E-state index contributed by atoms with van der Waals surface area (Å²) >= 11 is 4.58. The number of hydrogen-bond acceptors (Lipinski definition) is 6. The van der Waals surface area contributed by atoms with Gasteiger partial charge in [0.1, 0.15) is 5.76 Å². The predicted molar refractivity (Wildman–Crippen MR) is 104 cm³/mol. The summed E-state index contributed by atoms with van der Waals surface area (Å²) in [5.74, 6) is 0.636. The Kier molecular flexibility index (Phi) is 5.04. The molecule has 0 spiro atoms. The van der Waals surface area contributed by atoms with E-state index in [1.165, 1.54) is 11.5 Å². The summed E-state index contributed by atoms with van der Waals surface area (Å²) < 4.78 is 10.6. The van der Waals surface area contributed by atoms with Crippen molar-refractivity contribution in [2.45, 2.75) is 0 Å². The fourth-order valence-corrected chi connectivity index (χ4v) is 4.07. The van der Waals surface area contributed by atoms with Gasteiger partial charge in [-0.25, -0.2) is 0 Å². The highest BCUT2D eigenvalue weighted by molar-refractivity contribution is 9.10. The standard InChI is InChI=1S/C18H15BrN4O3S/c19-13-11-27-21-16(13)18(25)23-9-7-22(8-10-23)17(24)15-2-1-14(26-15)12-3-5-20-6-4-12/h1-6,11H,7-10H2. The third-order valence-electron chi connectivity index (χ3n) is 4.36. The summed E-state index contributed by atoms with van der Waals surface area (Å²) in [7, 11) is 0. The zero-order chi connectivity index (χ0) is 18.8. The van der Waals surface area contributed by atoms with Crippen molar-refractivity contribution in [2.24, 2.45) is 0 Å². The lowest BCUT2D eigenvalue weighted by Crippen LogP contribution is -2.50. The molecule has 0 aromatic carbocycles. The predicted octanol–water partition coefficient (Wildman–Crippen LogP) is 3.16. The van der Waals surface area contributed by atoms with Gasteiger partial charge in [0, 0.05) is 49.5 Å². The van der Waals surface area contributed by atoms with Gasteiger partial charge in [-0.3, -0.25) is 14.6 Å². The molecule has 3 aromatic rings. The number of hydrogen-bond donors (Lipinski definition) is 0. The van der Waals surface area contributed by atoms with Gasteiger partial charge in [-0.15, -0.1) is 0 Å². The number of amides is 2. The molecule has 9 heteroatoms. The van der Waals surface area contributed by atoms with Crippen molar-refractivity contribution in [3.8, 4) is 11.3 Å². The van der Waals surface area contributed by atoms with Crippen LogP contribution in [-0.4, -0.2) is 57.2 Å². The quantitative estimate of drug-likeness (QED) is 0.617. The molecule has 0 radical (unpaired) electrons. The number of pyridine rings is 1. The molecule has 1 aliphatic heterocycles. The molecule has 0 aliphatic carbocycles. The maximum absolute atomic E-state index is 12.7. The molecule has 0 unspecified atom stereocenters. The molecule has 27 heavy (non-hydrogen) atoms. The number of piperazine rings is 1. The molecule has 1 aliphatic rings. The van der Waals surface area contributed by atoms with E-state index >= 15 is 0 Å². The van der Waals surface area contributed by atoms with Crippen molar-refractivity contribution >= 4 is 39.3 Å². The summed E-state index contributed by atoms with van der Waals surface area (Å²) in [5, 5.41) is 1.78. The zero-order valence-corrected chi connectivity index (χ0v) is 16.6. The minimum absolute atomic E-state index is 0.117. The number of rotatable bonds is 3. The third kappa shape index (κ3) is 3.65. The number of carbonyl (C=O) groups is 2. The fourth-order valence-electron chi connectivity index (χ4n) is 2.91. The summed E-state index contributed by atoms with van der Waals surface area (Å²) in [4.78, 5) is 32.6. The maximum atomic E-state index is 12.7. The van der Waals surface area contributed by atoms with Crippen molar-refractivity contribution in [2.75, 3.05) is 26.2 Å². The smallest absolute Gasteiger partial charge is 0.289 e. The van der Waals surface area contributed by atoms with Gasteiger partial charge >= 0.3 is 0 Å². The van der Waals surface area contributed by atoms with Gasteiger partial charge in [0.15, 0.2) is 11.5 Å². The number of halogens is 1. The monoisotopic (exact) mass is 446 g/mol. The molecule has 0 atom stereocenters. The summed E-state index contributed by atoms with van der Waals surface area (Å²) in [6.45, 7) is 1.84. The molecule has 0 bridgehead atoms. The highest BCUT2D eigenvalue weighted by Gasteiger charge is 2.28. The van der Waals surface area contributed by atoms with Crippen molar-refractivity contribution in [1.82, 2.24) is 19.2 Å². The molecule has 7 nitrogen and oxygen atoms in total. The third-order valence-corrected chi connectivity index (χ3v) is 5.90. The molecule has 0 saturated carbocycles. The van der Waals surface area contributed by atoms with Crippen LogP contribution in [0.3, 0.4) is 0 Å². The highest BCUT2D eigenvalue weighted by atomic mass is 79.9. The molecule has 1 fully saturated rings. The molecule has 4 rings (SSSR count). The Bertz CT molecular complexity index is 964. The van der Waals surface area contributed by atoms with E-state index in [0.717, 1.165) is 5.56 Å². The second-order valence-corrected chi connectivity index (χ2v) is 7.48. The number of carbonyl (C=O) groups excluding carboxylic acids is 2. The van der Waals surface area contributed by atoms with Crippen LogP contribution in [0.4, 0.5) is 0 Å². The molecular formula is C18H15BrN4O3S. The second-order valence-electron chi connectivity index (χ2n) is 6.00. The lowest BCUT2D eigenvalue weighted by molar-refractivity contribution is 0.0516. The van der Waals surface area contributed by atoms with Crippen LogP contribution in [0.2, 0.25) is 0 Å². The molecule has 3 aromatic heterocycles. The van der Waals surface area contributed by atoms with Gasteiger partial charge in [0.2, 0.25) is 0 Å². The first kappa shape index (κ1) is 17.9. The molecule has 1 saturated heterocycles. The topological polar surface area (TPSA) is 79.5 Å². The van der Waals surface area contributed by atoms with E-state index in [4.69, 9.17) is 4.42 Å². The van der Waals surface area contributed by atoms with Crippen LogP contribution in [0.1, 0.15) is 21.0 Å². The Hall–Kier alpha value is -2.52. The van der Waals surface area contributed by atoms with Gasteiger partial charge < -0.3 is 14.2 Å². The normalized spacial score (nSPS) is 14.4. The van der Waals surface area contributed by atoms with Gasteiger partial charge in [-0.2, -0.15) is 4.37 Å². The summed E-state index contributed by atoms with van der Waals surface area (Å²) in [6, 6.07) is 7.12. The van der Waals surface area contributed by atoms with Crippen LogP contribution < -0.4 is 0 Å². The average Bonchev–Trinajstić information content (AvgIpc) is 3.37. The van der Waals surface area contributed by atoms with E-state index < -0.39 is 0 Å². The van der Waals surface area contributed by atoms with Crippen LogP contribution in [0.25, 0.3) is 11.3 Å². The van der Waals surface area contributed by atoms with E-state index in [-0.39, 0.29) is 11.8 Å². The number of aromatic nitrogens is 2. The van der Waals surface area contributed by atoms with E-state index in [0.29, 0.717) is 47.9 Å². The molecular weight excluding hydrogens is 432 g/mol. The van der Waals surface area contributed by atoms with E-state index in [2.05, 4.69) is 25.3 Å². The first-order valence-electron chi connectivity index (χ1n) is 8.32. The van der Waals surface area contributed by atoms with E-state index in [1.54, 1.807) is 39.7 Å². The SMILES string of the molecule is O=C(c1ccc(-c2ccncc2)o1)N1CCN(C(=O)c2nscc2Br)CC1. The van der Waals surface area contributed by atoms with Crippen LogP contribution in [-0.2, 0) is 0 Å². The lowest BCUT2D eigenvalue weighted by atomic mass is 10.2. The van der Waals surface area contributed by atoms with Crippen LogP contribution >= 0.6 is 27.5 Å². The molecule has 0 N–H and O–H groups in total. The molecule has 138 valence electrons. The maximum Gasteiger partial charge on any atom is 0.289 e. The van der Waals surface area contributed by atoms with Gasteiger partial charge in [-0.1, -0.05) is 0 Å². The van der Waals surface area contributed by atoms with E-state index in [9.17, 15) is 9.59 Å². The first-order chi connectivity index (χ1) is 13.1. The first-order valence-corrected chi connectivity index (χ1v) is 9.95. The second kappa shape index (κ2) is 7.61. The van der Waals surface area contributed by atoms with Gasteiger partial charge in [0.25, 0.3) is 11.8 Å². The van der Waals surface area contributed by atoms with Crippen molar-refractivity contribution < 1.29 is 14.0 Å². The Morgan fingerprint density at radius 2 is 1.67 bits per heavy atom. The van der Waals surface area contributed by atoms with Crippen LogP contribution in [0.15, 0.2) is 50.9 Å². The number of furan rings is 1. The van der Waals surface area contributed by atoms with Crippen LogP contribution in [0.5, 0.6) is 0 Å². The largest absolute Gasteiger partial charge is 0.451 e. The minimum atomic E-state index is -0.169. The fraction of sp³-hybridized carbons (Fsp3) is 0.222. The highest BCUT2D eigenvalue weighted by Crippen LogP contribution is 2.23. The summed E-state index contributed by atoms with van der Waals surface area (Å²) in [6.07, 6.45) is 3.35. The van der Waals surface area contributed by atoms with Crippen molar-refractivity contribution in [3.05, 3.63) is 58.0 Å². The Balaban J connectivity index is 1.40. The molecule has 4 heterocycles. The van der Waals surface area contributed by atoms with Gasteiger partial charge in [0.05, 0.1) is 4.47 Å². The molecule has 2 amide bonds. The Morgan fingerprint density at radius 3 is 2.30 bits per heavy atom.